The molecule has 2 aromatic rings. The lowest BCUT2D eigenvalue weighted by molar-refractivity contribution is 0.273. The fourth-order valence-corrected chi connectivity index (χ4v) is 1.37. The largest absolute Gasteiger partial charge is 0.485 e. The fraction of sp³-hybridized carbons (Fsp3) is 0.333. The minimum atomic E-state index is -0.000602. The van der Waals surface area contributed by atoms with Crippen molar-refractivity contribution in [3.05, 3.63) is 41.5 Å². The number of rotatable bonds is 5. The van der Waals surface area contributed by atoms with Gasteiger partial charge in [0.2, 0.25) is 11.7 Å². The van der Waals surface area contributed by atoms with Gasteiger partial charge in [-0.1, -0.05) is 24.2 Å². The molecule has 5 nitrogen and oxygen atoms in total. The zero-order valence-electron chi connectivity index (χ0n) is 9.59. The van der Waals surface area contributed by atoms with Crippen LogP contribution in [0.15, 0.2) is 28.8 Å². The SMILES string of the molecule is CCc1nc(COc2cccc(CO)c2)no1. The third kappa shape index (κ3) is 3.04. The highest BCUT2D eigenvalue weighted by molar-refractivity contribution is 5.27. The van der Waals surface area contributed by atoms with Gasteiger partial charge in [-0.05, 0) is 17.7 Å². The van der Waals surface area contributed by atoms with E-state index in [-0.39, 0.29) is 13.2 Å². The van der Waals surface area contributed by atoms with E-state index in [0.717, 1.165) is 5.56 Å². The number of aryl methyl sites for hydroxylation is 1. The lowest BCUT2D eigenvalue weighted by atomic mass is 10.2. The highest BCUT2D eigenvalue weighted by Crippen LogP contribution is 2.14. The number of aliphatic hydroxyl groups is 1. The van der Waals surface area contributed by atoms with Crippen LogP contribution in [0.5, 0.6) is 5.75 Å². The van der Waals surface area contributed by atoms with Crippen LogP contribution in [0.3, 0.4) is 0 Å². The Kier molecular flexibility index (Phi) is 3.72. The first-order valence-electron chi connectivity index (χ1n) is 5.46. The van der Waals surface area contributed by atoms with Crippen LogP contribution in [0.1, 0.15) is 24.2 Å². The van der Waals surface area contributed by atoms with Crippen molar-refractivity contribution >= 4 is 0 Å². The molecule has 1 heterocycles. The van der Waals surface area contributed by atoms with Crippen molar-refractivity contribution in [3.63, 3.8) is 0 Å². The maximum absolute atomic E-state index is 8.99. The minimum Gasteiger partial charge on any atom is -0.485 e. The van der Waals surface area contributed by atoms with Gasteiger partial charge in [0, 0.05) is 6.42 Å². The number of ether oxygens (including phenoxy) is 1. The van der Waals surface area contributed by atoms with Gasteiger partial charge >= 0.3 is 0 Å². The Morgan fingerprint density at radius 1 is 1.41 bits per heavy atom. The summed E-state index contributed by atoms with van der Waals surface area (Å²) in [6.45, 7) is 2.21. The van der Waals surface area contributed by atoms with Gasteiger partial charge in [0.25, 0.3) is 0 Å². The van der Waals surface area contributed by atoms with Crippen molar-refractivity contribution in [1.82, 2.24) is 10.1 Å². The molecule has 1 aromatic carbocycles. The van der Waals surface area contributed by atoms with Crippen LogP contribution in [0, 0.1) is 0 Å². The van der Waals surface area contributed by atoms with Crippen molar-refractivity contribution < 1.29 is 14.4 Å². The van der Waals surface area contributed by atoms with E-state index < -0.39 is 0 Å². The Balaban J connectivity index is 1.96. The Morgan fingerprint density at radius 3 is 3.00 bits per heavy atom. The van der Waals surface area contributed by atoms with E-state index >= 15 is 0 Å². The van der Waals surface area contributed by atoms with Crippen molar-refractivity contribution in [2.75, 3.05) is 0 Å². The van der Waals surface area contributed by atoms with Gasteiger partial charge in [-0.15, -0.1) is 0 Å². The maximum atomic E-state index is 8.99. The molecule has 5 heteroatoms. The van der Waals surface area contributed by atoms with Crippen molar-refractivity contribution in [1.29, 1.82) is 0 Å². The van der Waals surface area contributed by atoms with Crippen LogP contribution in [-0.4, -0.2) is 15.2 Å². The minimum absolute atomic E-state index is 0.000602. The number of nitrogens with zero attached hydrogens (tertiary/aromatic N) is 2. The molecule has 1 aromatic heterocycles. The zero-order valence-corrected chi connectivity index (χ0v) is 9.59. The second-order valence-electron chi connectivity index (χ2n) is 3.55. The summed E-state index contributed by atoms with van der Waals surface area (Å²) in [5, 5.41) is 12.8. The quantitative estimate of drug-likeness (QED) is 0.852. The summed E-state index contributed by atoms with van der Waals surface area (Å²) in [5.41, 5.74) is 0.810. The van der Waals surface area contributed by atoms with Gasteiger partial charge in [0.05, 0.1) is 6.61 Å². The molecule has 0 radical (unpaired) electrons. The van der Waals surface area contributed by atoms with Gasteiger partial charge in [-0.3, -0.25) is 0 Å². The maximum Gasteiger partial charge on any atom is 0.226 e. The molecule has 17 heavy (non-hydrogen) atoms. The molecule has 0 atom stereocenters. The molecule has 2 rings (SSSR count). The van der Waals surface area contributed by atoms with Crippen LogP contribution >= 0.6 is 0 Å². The number of aliphatic hydroxyl groups excluding tert-OH is 1. The Labute approximate surface area is 99.0 Å². The van der Waals surface area contributed by atoms with E-state index in [1.165, 1.54) is 0 Å². The molecular formula is C12H14N2O3. The molecular weight excluding hydrogens is 220 g/mol. The molecule has 1 N–H and O–H groups in total. The van der Waals surface area contributed by atoms with Crippen molar-refractivity contribution in [3.8, 4) is 5.75 Å². The van der Waals surface area contributed by atoms with Crippen LogP contribution in [0.25, 0.3) is 0 Å². The molecule has 0 spiro atoms. The molecule has 0 aliphatic heterocycles. The topological polar surface area (TPSA) is 68.4 Å². The highest BCUT2D eigenvalue weighted by Gasteiger charge is 2.05. The van der Waals surface area contributed by atoms with E-state index in [9.17, 15) is 0 Å². The first-order chi connectivity index (χ1) is 8.31. The predicted molar refractivity (Wildman–Crippen MR) is 60.4 cm³/mol. The first-order valence-corrected chi connectivity index (χ1v) is 5.46. The van der Waals surface area contributed by atoms with Crippen LogP contribution in [-0.2, 0) is 19.6 Å². The lowest BCUT2D eigenvalue weighted by Crippen LogP contribution is -1.98. The molecule has 0 saturated carbocycles. The van der Waals surface area contributed by atoms with E-state index in [0.29, 0.717) is 23.9 Å². The monoisotopic (exact) mass is 234 g/mol. The molecule has 0 aliphatic carbocycles. The Morgan fingerprint density at radius 2 is 2.29 bits per heavy atom. The second-order valence-corrected chi connectivity index (χ2v) is 3.55. The summed E-state index contributed by atoms with van der Waals surface area (Å²) in [5.74, 6) is 1.81. The van der Waals surface area contributed by atoms with Crippen molar-refractivity contribution in [2.45, 2.75) is 26.6 Å². The summed E-state index contributed by atoms with van der Waals surface area (Å²) >= 11 is 0. The van der Waals surface area contributed by atoms with E-state index in [1.54, 1.807) is 6.07 Å². The molecule has 0 aliphatic rings. The Hall–Kier alpha value is -1.88. The van der Waals surface area contributed by atoms with E-state index in [1.807, 2.05) is 25.1 Å². The van der Waals surface area contributed by atoms with Crippen molar-refractivity contribution in [2.24, 2.45) is 0 Å². The summed E-state index contributed by atoms with van der Waals surface area (Å²) in [4.78, 5) is 4.13. The van der Waals surface area contributed by atoms with E-state index in [4.69, 9.17) is 14.4 Å². The summed E-state index contributed by atoms with van der Waals surface area (Å²) < 4.78 is 10.5. The molecule has 0 bridgehead atoms. The molecule has 0 unspecified atom stereocenters. The van der Waals surface area contributed by atoms with Gasteiger partial charge in [-0.2, -0.15) is 4.98 Å². The lowest BCUT2D eigenvalue weighted by Gasteiger charge is -2.04. The summed E-state index contributed by atoms with van der Waals surface area (Å²) in [7, 11) is 0. The molecule has 0 saturated heterocycles. The van der Waals surface area contributed by atoms with Gasteiger partial charge in [-0.25, -0.2) is 0 Å². The number of hydrogen-bond donors (Lipinski definition) is 1. The van der Waals surface area contributed by atoms with Crippen LogP contribution < -0.4 is 4.74 Å². The third-order valence-electron chi connectivity index (χ3n) is 2.26. The van der Waals surface area contributed by atoms with Gasteiger partial charge < -0.3 is 14.4 Å². The standard InChI is InChI=1S/C12H14N2O3/c1-2-12-13-11(14-17-12)8-16-10-5-3-4-9(6-10)7-15/h3-6,15H,2,7-8H2,1H3. The van der Waals surface area contributed by atoms with E-state index in [2.05, 4.69) is 10.1 Å². The number of benzene rings is 1. The average molecular weight is 234 g/mol. The Bertz CT molecular complexity index is 482. The smallest absolute Gasteiger partial charge is 0.226 e. The first kappa shape index (κ1) is 11.6. The van der Waals surface area contributed by atoms with Gasteiger partial charge in [0.1, 0.15) is 5.75 Å². The molecule has 0 amide bonds. The summed E-state index contributed by atoms with van der Waals surface area (Å²) in [6.07, 6.45) is 0.715. The third-order valence-corrected chi connectivity index (χ3v) is 2.26. The van der Waals surface area contributed by atoms with Crippen LogP contribution in [0.2, 0.25) is 0 Å². The normalized spacial score (nSPS) is 10.5. The van der Waals surface area contributed by atoms with Crippen LogP contribution in [0.4, 0.5) is 0 Å². The zero-order chi connectivity index (χ0) is 12.1. The fourth-order valence-electron chi connectivity index (χ4n) is 1.37. The summed E-state index contributed by atoms with van der Waals surface area (Å²) in [6, 6.07) is 7.26. The highest BCUT2D eigenvalue weighted by atomic mass is 16.5. The van der Waals surface area contributed by atoms with Gasteiger partial charge in [0.15, 0.2) is 6.61 Å². The number of hydrogen-bond acceptors (Lipinski definition) is 5. The second kappa shape index (κ2) is 5.45. The predicted octanol–water partition coefficient (Wildman–Crippen LogP) is 1.70. The average Bonchev–Trinajstić information content (AvgIpc) is 2.84. The molecule has 0 fully saturated rings. The molecule has 90 valence electrons. The number of aromatic nitrogens is 2.